The van der Waals surface area contributed by atoms with Crippen LogP contribution in [-0.4, -0.2) is 26.8 Å². The number of nitrogens with two attached hydrogens (primary N) is 1. The Labute approximate surface area is 149 Å². The van der Waals surface area contributed by atoms with Crippen LogP contribution in [0.1, 0.15) is 20.3 Å². The molecule has 6 heteroatoms. The molecule has 2 rings (SSSR count). The maximum Gasteiger partial charge on any atom is 0.241 e. The third kappa shape index (κ3) is 4.98. The lowest BCUT2D eigenvalue weighted by Gasteiger charge is -2.19. The predicted molar refractivity (Wildman–Crippen MR) is 99.5 cm³/mol. The average Bonchev–Trinajstić information content (AvgIpc) is 2.61. The Morgan fingerprint density at radius 2 is 1.56 bits per heavy atom. The van der Waals surface area contributed by atoms with Crippen molar-refractivity contribution in [1.29, 1.82) is 0 Å². The number of nitrogens with one attached hydrogen (secondary N) is 1. The predicted octanol–water partition coefficient (Wildman–Crippen LogP) is 2.57. The van der Waals surface area contributed by atoms with Gasteiger partial charge in [-0.3, -0.25) is 4.79 Å². The van der Waals surface area contributed by atoms with E-state index in [0.717, 1.165) is 11.1 Å². The lowest BCUT2D eigenvalue weighted by atomic mass is 10.0. The van der Waals surface area contributed by atoms with Crippen LogP contribution in [0.4, 0.5) is 0 Å². The van der Waals surface area contributed by atoms with Crippen molar-refractivity contribution in [3.8, 4) is 11.1 Å². The van der Waals surface area contributed by atoms with Crippen LogP contribution in [0.15, 0.2) is 59.5 Å². The monoisotopic (exact) mass is 360 g/mol. The molecule has 0 heterocycles. The van der Waals surface area contributed by atoms with Crippen LogP contribution in [0, 0.1) is 5.92 Å². The number of rotatable bonds is 8. The fourth-order valence-electron chi connectivity index (χ4n) is 2.54. The van der Waals surface area contributed by atoms with Crippen molar-refractivity contribution in [3.05, 3.63) is 54.6 Å². The van der Waals surface area contributed by atoms with Gasteiger partial charge in [0.2, 0.25) is 10.0 Å². The normalized spacial score (nSPS) is 13.0. The Balaban J connectivity index is 2.22. The SMILES string of the molecule is CC(C)C(=O)C(CCN)NS(=O)(=O)c1ccc(-c2ccccc2)cc1. The molecule has 0 bridgehead atoms. The quantitative estimate of drug-likeness (QED) is 0.757. The van der Waals surface area contributed by atoms with Gasteiger partial charge in [0.15, 0.2) is 5.78 Å². The molecule has 0 fully saturated rings. The zero-order valence-electron chi connectivity index (χ0n) is 14.5. The summed E-state index contributed by atoms with van der Waals surface area (Å²) >= 11 is 0. The summed E-state index contributed by atoms with van der Waals surface area (Å²) in [6.07, 6.45) is 0.276. The maximum absolute atomic E-state index is 12.6. The van der Waals surface area contributed by atoms with Crippen LogP contribution in [0.2, 0.25) is 0 Å². The van der Waals surface area contributed by atoms with Crippen LogP contribution in [-0.2, 0) is 14.8 Å². The van der Waals surface area contributed by atoms with E-state index in [-0.39, 0.29) is 29.6 Å². The summed E-state index contributed by atoms with van der Waals surface area (Å²) in [5.41, 5.74) is 7.46. The van der Waals surface area contributed by atoms with E-state index in [0.29, 0.717) is 0 Å². The minimum atomic E-state index is -3.79. The zero-order chi connectivity index (χ0) is 18.4. The number of sulfonamides is 1. The van der Waals surface area contributed by atoms with Gasteiger partial charge in [0.1, 0.15) is 0 Å². The summed E-state index contributed by atoms with van der Waals surface area (Å²) in [5.74, 6) is -0.422. The molecule has 0 radical (unpaired) electrons. The fourth-order valence-corrected chi connectivity index (χ4v) is 3.78. The first-order valence-electron chi connectivity index (χ1n) is 8.26. The molecule has 0 aromatic heterocycles. The van der Waals surface area contributed by atoms with E-state index in [1.807, 2.05) is 30.3 Å². The molecule has 0 aliphatic carbocycles. The highest BCUT2D eigenvalue weighted by Gasteiger charge is 2.26. The topological polar surface area (TPSA) is 89.3 Å². The van der Waals surface area contributed by atoms with E-state index in [2.05, 4.69) is 4.72 Å². The number of benzene rings is 2. The standard InChI is InChI=1S/C19H24N2O3S/c1-14(2)19(22)18(12-13-20)21-25(23,24)17-10-8-16(9-11-17)15-6-4-3-5-7-15/h3-11,14,18,21H,12-13,20H2,1-2H3. The summed E-state index contributed by atoms with van der Waals surface area (Å²) in [5, 5.41) is 0. The van der Waals surface area contributed by atoms with E-state index in [1.54, 1.807) is 38.1 Å². The molecule has 2 aromatic carbocycles. The summed E-state index contributed by atoms with van der Waals surface area (Å²) < 4.78 is 27.7. The highest BCUT2D eigenvalue weighted by atomic mass is 32.2. The molecule has 0 saturated carbocycles. The van der Waals surface area contributed by atoms with Crippen molar-refractivity contribution in [2.45, 2.75) is 31.2 Å². The van der Waals surface area contributed by atoms with Crippen LogP contribution >= 0.6 is 0 Å². The maximum atomic E-state index is 12.6. The zero-order valence-corrected chi connectivity index (χ0v) is 15.3. The molecular weight excluding hydrogens is 336 g/mol. The lowest BCUT2D eigenvalue weighted by molar-refractivity contribution is -0.123. The average molecular weight is 360 g/mol. The van der Waals surface area contributed by atoms with Gasteiger partial charge in [-0.15, -0.1) is 0 Å². The Morgan fingerprint density at radius 1 is 1.00 bits per heavy atom. The molecule has 0 amide bonds. The molecular formula is C19H24N2O3S. The van der Waals surface area contributed by atoms with E-state index >= 15 is 0 Å². The second-order valence-electron chi connectivity index (χ2n) is 6.20. The smallest absolute Gasteiger partial charge is 0.241 e. The van der Waals surface area contributed by atoms with Gasteiger partial charge >= 0.3 is 0 Å². The number of hydrogen-bond donors (Lipinski definition) is 2. The Kier molecular flexibility index (Phi) is 6.47. The summed E-state index contributed by atoms with van der Waals surface area (Å²) in [6.45, 7) is 3.72. The van der Waals surface area contributed by atoms with E-state index in [4.69, 9.17) is 5.73 Å². The number of carbonyl (C=O) groups excluding carboxylic acids is 1. The number of ketones is 1. The van der Waals surface area contributed by atoms with Crippen molar-refractivity contribution in [2.24, 2.45) is 11.7 Å². The Bertz CT molecular complexity index is 800. The molecule has 134 valence electrons. The lowest BCUT2D eigenvalue weighted by Crippen LogP contribution is -2.43. The number of Topliss-reactive ketones (excluding diaryl/α,β-unsaturated/α-hetero) is 1. The first-order chi connectivity index (χ1) is 11.8. The van der Waals surface area contributed by atoms with Gasteiger partial charge in [0.25, 0.3) is 0 Å². The van der Waals surface area contributed by atoms with Gasteiger partial charge in [-0.2, -0.15) is 0 Å². The van der Waals surface area contributed by atoms with Gasteiger partial charge in [-0.25, -0.2) is 13.1 Å². The number of hydrogen-bond acceptors (Lipinski definition) is 4. The molecule has 3 N–H and O–H groups in total. The van der Waals surface area contributed by atoms with Gasteiger partial charge in [-0.1, -0.05) is 56.3 Å². The van der Waals surface area contributed by atoms with Crippen LogP contribution in [0.3, 0.4) is 0 Å². The number of carbonyl (C=O) groups is 1. The van der Waals surface area contributed by atoms with Gasteiger partial charge < -0.3 is 5.73 Å². The molecule has 5 nitrogen and oxygen atoms in total. The third-order valence-corrected chi connectivity index (χ3v) is 5.42. The molecule has 0 saturated heterocycles. The van der Waals surface area contributed by atoms with E-state index in [9.17, 15) is 13.2 Å². The largest absolute Gasteiger partial charge is 0.330 e. The molecule has 25 heavy (non-hydrogen) atoms. The molecule has 1 unspecified atom stereocenters. The minimum absolute atomic E-state index is 0.130. The second kappa shape index (κ2) is 8.38. The highest BCUT2D eigenvalue weighted by Crippen LogP contribution is 2.21. The van der Waals surface area contributed by atoms with Crippen molar-refractivity contribution in [2.75, 3.05) is 6.54 Å². The Morgan fingerprint density at radius 3 is 2.08 bits per heavy atom. The first-order valence-corrected chi connectivity index (χ1v) is 9.75. The van der Waals surface area contributed by atoms with Crippen molar-refractivity contribution in [3.63, 3.8) is 0 Å². The fraction of sp³-hybridized carbons (Fsp3) is 0.316. The van der Waals surface area contributed by atoms with Crippen molar-refractivity contribution >= 4 is 15.8 Å². The van der Waals surface area contributed by atoms with Crippen molar-refractivity contribution in [1.82, 2.24) is 4.72 Å². The van der Waals surface area contributed by atoms with Gasteiger partial charge in [-0.05, 0) is 36.2 Å². The second-order valence-corrected chi connectivity index (χ2v) is 7.91. The van der Waals surface area contributed by atoms with E-state index < -0.39 is 16.1 Å². The van der Waals surface area contributed by atoms with Crippen LogP contribution < -0.4 is 10.5 Å². The minimum Gasteiger partial charge on any atom is -0.330 e. The van der Waals surface area contributed by atoms with Gasteiger partial charge in [0.05, 0.1) is 10.9 Å². The molecule has 1 atom stereocenters. The van der Waals surface area contributed by atoms with Gasteiger partial charge in [0, 0.05) is 5.92 Å². The molecule has 0 aliphatic rings. The Hall–Kier alpha value is -2.02. The van der Waals surface area contributed by atoms with Crippen LogP contribution in [0.5, 0.6) is 0 Å². The molecule has 2 aromatic rings. The molecule has 0 aliphatic heterocycles. The highest BCUT2D eigenvalue weighted by molar-refractivity contribution is 7.89. The summed E-state index contributed by atoms with van der Waals surface area (Å²) in [4.78, 5) is 12.3. The first kappa shape index (κ1) is 19.3. The summed E-state index contributed by atoms with van der Waals surface area (Å²) in [7, 11) is -3.79. The van der Waals surface area contributed by atoms with Crippen molar-refractivity contribution < 1.29 is 13.2 Å². The molecule has 0 spiro atoms. The van der Waals surface area contributed by atoms with E-state index in [1.165, 1.54) is 0 Å². The van der Waals surface area contributed by atoms with Crippen LogP contribution in [0.25, 0.3) is 11.1 Å². The third-order valence-electron chi connectivity index (χ3n) is 3.94. The summed E-state index contributed by atoms with van der Waals surface area (Å²) in [6, 6.07) is 15.5.